The molecule has 0 bridgehead atoms. The van der Waals surface area contributed by atoms with Gasteiger partial charge in [0.25, 0.3) is 0 Å². The highest BCUT2D eigenvalue weighted by Gasteiger charge is 2.37. The van der Waals surface area contributed by atoms with Crippen molar-refractivity contribution in [2.45, 2.75) is 25.9 Å². The van der Waals surface area contributed by atoms with Gasteiger partial charge >= 0.3 is 17.9 Å². The molecule has 2 saturated heterocycles. The van der Waals surface area contributed by atoms with E-state index in [4.69, 9.17) is 4.74 Å². The molecule has 0 aliphatic carbocycles. The number of piperidine rings is 1. The van der Waals surface area contributed by atoms with Crippen molar-refractivity contribution in [3.05, 3.63) is 29.8 Å². The van der Waals surface area contributed by atoms with Crippen LogP contribution in [0.15, 0.2) is 24.3 Å². The molecule has 9 nitrogen and oxygen atoms in total. The molecule has 2 fully saturated rings. The number of fused-ring (bicyclic) bond motifs is 1. The molecule has 2 aliphatic heterocycles. The number of cyclic esters (lactones) is 1. The van der Waals surface area contributed by atoms with Crippen LogP contribution in [-0.4, -0.2) is 54.5 Å². The number of benzene rings is 1. The molecule has 144 valence electrons. The molecule has 1 aromatic rings. The number of carbonyl (C=O) groups excluding carboxylic acids is 4. The normalized spacial score (nSPS) is 21.4. The number of alkyl carbamates (subject to hydrolysis) is 1. The third kappa shape index (κ3) is 4.75. The highest BCUT2D eigenvalue weighted by atomic mass is 16.6. The fourth-order valence-electron chi connectivity index (χ4n) is 3.18. The Morgan fingerprint density at radius 1 is 1.26 bits per heavy atom. The van der Waals surface area contributed by atoms with Crippen LogP contribution in [0.25, 0.3) is 0 Å². The summed E-state index contributed by atoms with van der Waals surface area (Å²) in [5.41, 5.74) is 1.38. The van der Waals surface area contributed by atoms with E-state index in [1.807, 2.05) is 0 Å². The SMILES string of the molecule is CC(=O)NCc1ccc(NC(=O)C(=O)N2CC[C@@H]3COC(=O)N[C@H]3C2)cc1. The molecule has 1 aromatic carbocycles. The number of nitrogens with one attached hydrogen (secondary N) is 3. The molecule has 2 heterocycles. The summed E-state index contributed by atoms with van der Waals surface area (Å²) in [5.74, 6) is -1.31. The summed E-state index contributed by atoms with van der Waals surface area (Å²) in [6.45, 7) is 2.92. The molecular weight excluding hydrogens is 352 g/mol. The van der Waals surface area contributed by atoms with Gasteiger partial charge in [0, 0.05) is 38.2 Å². The second-order valence-corrected chi connectivity index (χ2v) is 6.71. The van der Waals surface area contributed by atoms with Crippen molar-refractivity contribution in [1.29, 1.82) is 0 Å². The Hall–Kier alpha value is -3.10. The molecule has 2 atom stereocenters. The van der Waals surface area contributed by atoms with Crippen LogP contribution in [0.2, 0.25) is 0 Å². The van der Waals surface area contributed by atoms with E-state index in [2.05, 4.69) is 16.0 Å². The lowest BCUT2D eigenvalue weighted by Gasteiger charge is -2.40. The van der Waals surface area contributed by atoms with Crippen LogP contribution < -0.4 is 16.0 Å². The largest absolute Gasteiger partial charge is 0.449 e. The smallest absolute Gasteiger partial charge is 0.407 e. The molecule has 27 heavy (non-hydrogen) atoms. The number of hydrogen-bond donors (Lipinski definition) is 3. The summed E-state index contributed by atoms with van der Waals surface area (Å²) < 4.78 is 4.95. The summed E-state index contributed by atoms with van der Waals surface area (Å²) in [6.07, 6.45) is 0.177. The van der Waals surface area contributed by atoms with Gasteiger partial charge in [0.1, 0.15) is 0 Å². The lowest BCUT2D eigenvalue weighted by molar-refractivity contribution is -0.144. The number of rotatable bonds is 3. The quantitative estimate of drug-likeness (QED) is 0.655. The van der Waals surface area contributed by atoms with Gasteiger partial charge < -0.3 is 25.6 Å². The van der Waals surface area contributed by atoms with E-state index in [-0.39, 0.29) is 17.9 Å². The molecule has 0 unspecified atom stereocenters. The first-order valence-corrected chi connectivity index (χ1v) is 8.79. The zero-order chi connectivity index (χ0) is 19.4. The van der Waals surface area contributed by atoms with Gasteiger partial charge in [-0.15, -0.1) is 0 Å². The van der Waals surface area contributed by atoms with E-state index in [0.29, 0.717) is 38.3 Å². The van der Waals surface area contributed by atoms with E-state index in [9.17, 15) is 19.2 Å². The molecule has 0 aromatic heterocycles. The van der Waals surface area contributed by atoms with Gasteiger partial charge in [-0.3, -0.25) is 14.4 Å². The highest BCUT2D eigenvalue weighted by molar-refractivity contribution is 6.39. The van der Waals surface area contributed by atoms with E-state index in [0.717, 1.165) is 5.56 Å². The highest BCUT2D eigenvalue weighted by Crippen LogP contribution is 2.21. The van der Waals surface area contributed by atoms with Gasteiger partial charge in [-0.2, -0.15) is 0 Å². The third-order valence-electron chi connectivity index (χ3n) is 4.72. The van der Waals surface area contributed by atoms with Crippen LogP contribution >= 0.6 is 0 Å². The monoisotopic (exact) mass is 374 g/mol. The average molecular weight is 374 g/mol. The Bertz CT molecular complexity index is 749. The van der Waals surface area contributed by atoms with Crippen LogP contribution in [0.3, 0.4) is 0 Å². The molecule has 9 heteroatoms. The minimum absolute atomic E-state index is 0.123. The summed E-state index contributed by atoms with van der Waals surface area (Å²) in [5, 5.41) is 7.97. The number of ether oxygens (including phenoxy) is 1. The molecule has 3 N–H and O–H groups in total. The molecule has 3 rings (SSSR count). The fraction of sp³-hybridized carbons (Fsp3) is 0.444. The van der Waals surface area contributed by atoms with Crippen LogP contribution in [-0.2, 0) is 25.7 Å². The average Bonchev–Trinajstić information content (AvgIpc) is 2.66. The van der Waals surface area contributed by atoms with Crippen LogP contribution in [0.5, 0.6) is 0 Å². The lowest BCUT2D eigenvalue weighted by atomic mass is 9.91. The van der Waals surface area contributed by atoms with Crippen molar-refractivity contribution in [3.8, 4) is 0 Å². The Morgan fingerprint density at radius 3 is 2.70 bits per heavy atom. The maximum Gasteiger partial charge on any atom is 0.407 e. The first-order chi connectivity index (χ1) is 12.9. The second-order valence-electron chi connectivity index (χ2n) is 6.71. The topological polar surface area (TPSA) is 117 Å². The maximum atomic E-state index is 12.4. The van der Waals surface area contributed by atoms with Crippen molar-refractivity contribution in [3.63, 3.8) is 0 Å². The number of nitrogens with zero attached hydrogens (tertiary/aromatic N) is 1. The van der Waals surface area contributed by atoms with Gasteiger partial charge in [-0.05, 0) is 24.1 Å². The lowest BCUT2D eigenvalue weighted by Crippen LogP contribution is -2.59. The zero-order valence-electron chi connectivity index (χ0n) is 15.0. The van der Waals surface area contributed by atoms with E-state index >= 15 is 0 Å². The van der Waals surface area contributed by atoms with E-state index in [1.54, 1.807) is 24.3 Å². The Labute approximate surface area is 156 Å². The van der Waals surface area contributed by atoms with Crippen LogP contribution in [0.1, 0.15) is 18.9 Å². The number of carbonyl (C=O) groups is 4. The van der Waals surface area contributed by atoms with Crippen molar-refractivity contribution >= 4 is 29.5 Å². The van der Waals surface area contributed by atoms with Crippen molar-refractivity contribution in [2.24, 2.45) is 5.92 Å². The third-order valence-corrected chi connectivity index (χ3v) is 4.72. The number of anilines is 1. The zero-order valence-corrected chi connectivity index (χ0v) is 15.0. The molecule has 4 amide bonds. The van der Waals surface area contributed by atoms with Gasteiger partial charge in [-0.25, -0.2) is 4.79 Å². The first-order valence-electron chi connectivity index (χ1n) is 8.79. The molecular formula is C18H22N4O5. The van der Waals surface area contributed by atoms with Gasteiger partial charge in [-0.1, -0.05) is 12.1 Å². The Morgan fingerprint density at radius 2 is 2.00 bits per heavy atom. The predicted molar refractivity (Wildman–Crippen MR) is 95.6 cm³/mol. The molecule has 0 spiro atoms. The summed E-state index contributed by atoms with van der Waals surface area (Å²) in [4.78, 5) is 48.4. The Kier molecular flexibility index (Phi) is 5.58. The Balaban J connectivity index is 1.53. The first kappa shape index (κ1) is 18.7. The molecule has 0 radical (unpaired) electrons. The number of hydrogen-bond acceptors (Lipinski definition) is 5. The molecule has 2 aliphatic rings. The second kappa shape index (κ2) is 8.07. The predicted octanol–water partition coefficient (Wildman–Crippen LogP) is 0.218. The minimum atomic E-state index is -0.721. The van der Waals surface area contributed by atoms with Gasteiger partial charge in [0.05, 0.1) is 12.6 Å². The maximum absolute atomic E-state index is 12.4. The number of likely N-dealkylation sites (tertiary alicyclic amines) is 1. The summed E-state index contributed by atoms with van der Waals surface area (Å²) >= 11 is 0. The van der Waals surface area contributed by atoms with Gasteiger partial charge in [0.2, 0.25) is 5.91 Å². The van der Waals surface area contributed by atoms with Crippen molar-refractivity contribution in [1.82, 2.24) is 15.5 Å². The standard InChI is InChI=1S/C18H22N4O5/c1-11(23)19-8-12-2-4-14(5-3-12)20-16(24)17(25)22-7-6-13-10-27-18(26)21-15(13)9-22/h2-5,13,15H,6-10H2,1H3,(H,19,23)(H,20,24)(H,21,26)/t13-,15+/m1/s1. The fourth-order valence-corrected chi connectivity index (χ4v) is 3.18. The van der Waals surface area contributed by atoms with Crippen molar-refractivity contribution < 1.29 is 23.9 Å². The van der Waals surface area contributed by atoms with Crippen molar-refractivity contribution in [2.75, 3.05) is 25.0 Å². The summed E-state index contributed by atoms with van der Waals surface area (Å²) in [6, 6.07) is 6.68. The minimum Gasteiger partial charge on any atom is -0.449 e. The van der Waals surface area contributed by atoms with E-state index in [1.165, 1.54) is 11.8 Å². The number of amides is 4. The van der Waals surface area contributed by atoms with Gasteiger partial charge in [0.15, 0.2) is 0 Å². The van der Waals surface area contributed by atoms with E-state index < -0.39 is 17.9 Å². The van der Waals surface area contributed by atoms with Crippen LogP contribution in [0, 0.1) is 5.92 Å². The van der Waals surface area contributed by atoms with Crippen LogP contribution in [0.4, 0.5) is 10.5 Å². The molecule has 0 saturated carbocycles. The summed E-state index contributed by atoms with van der Waals surface area (Å²) in [7, 11) is 0.